The Hall–Kier alpha value is -1.88. The van der Waals surface area contributed by atoms with Crippen molar-refractivity contribution in [2.24, 2.45) is 0 Å². The second-order valence-corrected chi connectivity index (χ2v) is 5.15. The molecule has 0 radical (unpaired) electrons. The second kappa shape index (κ2) is 5.63. The SMILES string of the molecule is CCc1nnc(N2CC[C@H](c3ccccc3)[C@H](O)C2)o1. The summed E-state index contributed by atoms with van der Waals surface area (Å²) in [6, 6.07) is 10.7. The summed E-state index contributed by atoms with van der Waals surface area (Å²) < 4.78 is 5.55. The zero-order valence-electron chi connectivity index (χ0n) is 11.6. The zero-order valence-corrected chi connectivity index (χ0v) is 11.6. The quantitative estimate of drug-likeness (QED) is 0.926. The number of β-amino-alcohol motifs (C(OH)–C–C–N with tert-alkyl or cyclic N) is 1. The van der Waals surface area contributed by atoms with Crippen LogP contribution in [0.5, 0.6) is 0 Å². The lowest BCUT2D eigenvalue weighted by atomic mass is 9.87. The molecule has 5 nitrogen and oxygen atoms in total. The van der Waals surface area contributed by atoms with E-state index in [1.807, 2.05) is 30.0 Å². The minimum atomic E-state index is -0.414. The summed E-state index contributed by atoms with van der Waals surface area (Å²) in [6.45, 7) is 3.33. The molecule has 1 saturated heterocycles. The van der Waals surface area contributed by atoms with Crippen molar-refractivity contribution in [1.29, 1.82) is 0 Å². The number of hydrogen-bond donors (Lipinski definition) is 1. The Balaban J connectivity index is 1.70. The maximum absolute atomic E-state index is 10.4. The van der Waals surface area contributed by atoms with Gasteiger partial charge in [0.15, 0.2) is 0 Å². The standard InChI is InChI=1S/C15H19N3O2/c1-2-14-16-17-15(20-14)18-9-8-12(13(19)10-18)11-6-4-3-5-7-11/h3-7,12-13,19H,2,8-10H2,1H3/t12-,13-/m1/s1. The van der Waals surface area contributed by atoms with Gasteiger partial charge in [-0.15, -0.1) is 5.10 Å². The molecule has 0 amide bonds. The molecule has 1 aromatic carbocycles. The normalized spacial score (nSPS) is 23.0. The van der Waals surface area contributed by atoms with Crippen LogP contribution in [-0.2, 0) is 6.42 Å². The first-order valence-corrected chi connectivity index (χ1v) is 7.08. The summed E-state index contributed by atoms with van der Waals surface area (Å²) in [7, 11) is 0. The van der Waals surface area contributed by atoms with E-state index in [2.05, 4.69) is 22.3 Å². The molecule has 2 heterocycles. The lowest BCUT2D eigenvalue weighted by Crippen LogP contribution is -2.43. The molecule has 1 aliphatic rings. The molecular weight excluding hydrogens is 254 g/mol. The van der Waals surface area contributed by atoms with Crippen LogP contribution >= 0.6 is 0 Å². The molecule has 2 aromatic rings. The monoisotopic (exact) mass is 273 g/mol. The number of rotatable bonds is 3. The Bertz CT molecular complexity index is 555. The molecule has 1 fully saturated rings. The highest BCUT2D eigenvalue weighted by Crippen LogP contribution is 2.30. The Morgan fingerprint density at radius 1 is 1.30 bits per heavy atom. The first-order valence-electron chi connectivity index (χ1n) is 7.08. The predicted molar refractivity (Wildman–Crippen MR) is 75.7 cm³/mol. The summed E-state index contributed by atoms with van der Waals surface area (Å²) in [5, 5.41) is 18.4. The number of aromatic nitrogens is 2. The smallest absolute Gasteiger partial charge is 0.318 e. The van der Waals surface area contributed by atoms with E-state index in [1.54, 1.807) is 0 Å². The van der Waals surface area contributed by atoms with E-state index >= 15 is 0 Å². The van der Waals surface area contributed by atoms with Crippen LogP contribution in [0.3, 0.4) is 0 Å². The Labute approximate surface area is 118 Å². The Morgan fingerprint density at radius 2 is 2.10 bits per heavy atom. The van der Waals surface area contributed by atoms with Gasteiger partial charge in [0.25, 0.3) is 0 Å². The maximum atomic E-state index is 10.4. The molecule has 106 valence electrons. The first kappa shape index (κ1) is 13.1. The van der Waals surface area contributed by atoms with E-state index in [0.29, 0.717) is 18.5 Å². The molecule has 0 unspecified atom stereocenters. The summed E-state index contributed by atoms with van der Waals surface area (Å²) in [5.74, 6) is 0.820. The number of benzene rings is 1. The molecule has 2 atom stereocenters. The number of hydrogen-bond acceptors (Lipinski definition) is 5. The highest BCUT2D eigenvalue weighted by molar-refractivity contribution is 5.30. The maximum Gasteiger partial charge on any atom is 0.318 e. The molecule has 1 aromatic heterocycles. The van der Waals surface area contributed by atoms with Crippen LogP contribution in [0, 0.1) is 0 Å². The predicted octanol–water partition coefficient (Wildman–Crippen LogP) is 1.99. The summed E-state index contributed by atoms with van der Waals surface area (Å²) in [6.07, 6.45) is 1.20. The molecular formula is C15H19N3O2. The number of anilines is 1. The Kier molecular flexibility index (Phi) is 3.69. The van der Waals surface area contributed by atoms with Gasteiger partial charge >= 0.3 is 6.01 Å². The average molecular weight is 273 g/mol. The second-order valence-electron chi connectivity index (χ2n) is 5.15. The summed E-state index contributed by atoms with van der Waals surface area (Å²) >= 11 is 0. The average Bonchev–Trinajstić information content (AvgIpc) is 2.97. The highest BCUT2D eigenvalue weighted by atomic mass is 16.4. The Morgan fingerprint density at radius 3 is 2.75 bits per heavy atom. The molecule has 3 rings (SSSR count). The summed E-state index contributed by atoms with van der Waals surface area (Å²) in [5.41, 5.74) is 1.19. The van der Waals surface area contributed by atoms with Gasteiger partial charge in [-0.1, -0.05) is 42.4 Å². The van der Waals surface area contributed by atoms with Gasteiger partial charge in [0, 0.05) is 25.4 Å². The molecule has 5 heteroatoms. The van der Waals surface area contributed by atoms with E-state index in [1.165, 1.54) is 5.56 Å². The van der Waals surface area contributed by atoms with Crippen molar-refractivity contribution in [1.82, 2.24) is 10.2 Å². The van der Waals surface area contributed by atoms with Crippen molar-refractivity contribution >= 4 is 6.01 Å². The zero-order chi connectivity index (χ0) is 13.9. The van der Waals surface area contributed by atoms with E-state index in [-0.39, 0.29) is 5.92 Å². The van der Waals surface area contributed by atoms with Crippen LogP contribution < -0.4 is 4.90 Å². The van der Waals surface area contributed by atoms with Gasteiger partial charge in [-0.3, -0.25) is 0 Å². The van der Waals surface area contributed by atoms with Crippen molar-refractivity contribution in [3.63, 3.8) is 0 Å². The third-order valence-corrected chi connectivity index (χ3v) is 3.84. The minimum Gasteiger partial charge on any atom is -0.408 e. The van der Waals surface area contributed by atoms with Crippen LogP contribution in [0.15, 0.2) is 34.7 Å². The lowest BCUT2D eigenvalue weighted by Gasteiger charge is -2.35. The minimum absolute atomic E-state index is 0.181. The van der Waals surface area contributed by atoms with Crippen molar-refractivity contribution < 1.29 is 9.52 Å². The van der Waals surface area contributed by atoms with Gasteiger partial charge < -0.3 is 14.4 Å². The number of piperidine rings is 1. The van der Waals surface area contributed by atoms with Crippen LogP contribution in [0.25, 0.3) is 0 Å². The van der Waals surface area contributed by atoms with Gasteiger partial charge in [-0.05, 0) is 12.0 Å². The van der Waals surface area contributed by atoms with Crippen LogP contribution in [-0.4, -0.2) is 34.5 Å². The number of aryl methyl sites for hydroxylation is 1. The third-order valence-electron chi connectivity index (χ3n) is 3.84. The van der Waals surface area contributed by atoms with Gasteiger partial charge in [-0.25, -0.2) is 0 Å². The van der Waals surface area contributed by atoms with Gasteiger partial charge in [0.05, 0.1) is 6.10 Å². The fraction of sp³-hybridized carbons (Fsp3) is 0.467. The topological polar surface area (TPSA) is 62.4 Å². The van der Waals surface area contributed by atoms with Crippen molar-refractivity contribution in [2.45, 2.75) is 31.8 Å². The number of nitrogens with zero attached hydrogens (tertiary/aromatic N) is 3. The molecule has 1 N–H and O–H groups in total. The largest absolute Gasteiger partial charge is 0.408 e. The molecule has 0 bridgehead atoms. The van der Waals surface area contributed by atoms with Gasteiger partial charge in [-0.2, -0.15) is 0 Å². The number of aliphatic hydroxyl groups excluding tert-OH is 1. The van der Waals surface area contributed by atoms with E-state index in [4.69, 9.17) is 4.42 Å². The van der Waals surface area contributed by atoms with Crippen molar-refractivity contribution in [3.8, 4) is 0 Å². The van der Waals surface area contributed by atoms with Gasteiger partial charge in [0.2, 0.25) is 5.89 Å². The first-order chi connectivity index (χ1) is 9.78. The van der Waals surface area contributed by atoms with Crippen LogP contribution in [0.2, 0.25) is 0 Å². The van der Waals surface area contributed by atoms with Crippen LogP contribution in [0.4, 0.5) is 6.01 Å². The molecule has 0 aliphatic carbocycles. The third kappa shape index (κ3) is 2.54. The number of aliphatic hydroxyl groups is 1. The van der Waals surface area contributed by atoms with E-state index in [0.717, 1.165) is 19.4 Å². The molecule has 20 heavy (non-hydrogen) atoms. The molecule has 1 aliphatic heterocycles. The van der Waals surface area contributed by atoms with Gasteiger partial charge in [0.1, 0.15) is 0 Å². The van der Waals surface area contributed by atoms with E-state index < -0.39 is 6.10 Å². The van der Waals surface area contributed by atoms with Crippen LogP contribution in [0.1, 0.15) is 30.7 Å². The fourth-order valence-corrected chi connectivity index (χ4v) is 2.71. The van der Waals surface area contributed by atoms with E-state index in [9.17, 15) is 5.11 Å². The van der Waals surface area contributed by atoms with Crippen molar-refractivity contribution in [2.75, 3.05) is 18.0 Å². The lowest BCUT2D eigenvalue weighted by molar-refractivity contribution is 0.127. The molecule has 0 saturated carbocycles. The summed E-state index contributed by atoms with van der Waals surface area (Å²) in [4.78, 5) is 1.97. The van der Waals surface area contributed by atoms with Crippen molar-refractivity contribution in [3.05, 3.63) is 41.8 Å². The molecule has 0 spiro atoms. The fourth-order valence-electron chi connectivity index (χ4n) is 2.71. The highest BCUT2D eigenvalue weighted by Gasteiger charge is 2.30.